The molecule has 0 aliphatic carbocycles. The monoisotopic (exact) mass is 452 g/mol. The van der Waals surface area contributed by atoms with Crippen LogP contribution in [-0.2, 0) is 9.84 Å². The highest BCUT2D eigenvalue weighted by molar-refractivity contribution is 7.90. The molecule has 0 radical (unpaired) electrons. The van der Waals surface area contributed by atoms with Gasteiger partial charge in [-0.2, -0.15) is 0 Å². The Morgan fingerprint density at radius 2 is 1.86 bits per heavy atom. The molecule has 3 rings (SSSR count). The molecule has 0 saturated heterocycles. The van der Waals surface area contributed by atoms with Crippen LogP contribution in [-0.4, -0.2) is 52.7 Å². The molecule has 0 unspecified atom stereocenters. The number of aromatic nitrogens is 1. The molecule has 1 amide bonds. The number of benzene rings is 2. The molecule has 2 aromatic carbocycles. The normalized spacial score (nSPS) is 11.9. The van der Waals surface area contributed by atoms with Crippen molar-refractivity contribution in [3.8, 4) is 0 Å². The Kier molecular flexibility index (Phi) is 6.58. The third kappa shape index (κ3) is 5.33. The van der Waals surface area contributed by atoms with E-state index < -0.39 is 9.84 Å². The van der Waals surface area contributed by atoms with Gasteiger partial charge in [-0.05, 0) is 42.5 Å². The first kappa shape index (κ1) is 21.7. The number of nitrogens with zero attached hydrogens (tertiary/aromatic N) is 2. The lowest BCUT2D eigenvalue weighted by molar-refractivity contribution is -0.858. The molecule has 1 N–H and O–H groups in total. The minimum Gasteiger partial charge on any atom is -0.340 e. The predicted octanol–water partition coefficient (Wildman–Crippen LogP) is 2.53. The van der Waals surface area contributed by atoms with Gasteiger partial charge in [-0.15, -0.1) is 0 Å². The minimum absolute atomic E-state index is 0.187. The van der Waals surface area contributed by atoms with E-state index in [1.165, 1.54) is 28.4 Å². The number of hydrogen-bond donors (Lipinski definition) is 1. The number of quaternary nitrogens is 1. The van der Waals surface area contributed by atoms with Crippen LogP contribution in [0.15, 0.2) is 47.4 Å². The molecule has 6 nitrogen and oxygen atoms in total. The first-order chi connectivity index (χ1) is 13.6. The van der Waals surface area contributed by atoms with Gasteiger partial charge in [0.1, 0.15) is 0 Å². The number of nitrogens with one attached hydrogen (secondary N) is 1. The number of amides is 1. The summed E-state index contributed by atoms with van der Waals surface area (Å²) in [6.45, 7) is 1.43. The van der Waals surface area contributed by atoms with E-state index in [9.17, 15) is 13.2 Å². The number of sulfone groups is 1. The standard InChI is InChI=1S/C20H22ClN3O3S2/c1-23(2)11-4-12-24(20-22-17-10-7-15(21)13-18(17)28-20)19(25)14-5-8-16(9-6-14)29(3,26)27/h5-10,13H,4,11-12H2,1-3H3/p+1. The molecule has 29 heavy (non-hydrogen) atoms. The lowest BCUT2D eigenvalue weighted by Crippen LogP contribution is -3.05. The fourth-order valence-corrected chi connectivity index (χ4v) is 4.77. The molecular weight excluding hydrogens is 430 g/mol. The van der Waals surface area contributed by atoms with E-state index in [0.717, 1.165) is 29.4 Å². The van der Waals surface area contributed by atoms with Gasteiger partial charge in [0.25, 0.3) is 5.91 Å². The minimum atomic E-state index is -3.31. The van der Waals surface area contributed by atoms with Crippen LogP contribution in [0, 0.1) is 0 Å². The van der Waals surface area contributed by atoms with Crippen molar-refractivity contribution in [3.63, 3.8) is 0 Å². The molecule has 1 aromatic heterocycles. The third-order valence-corrected chi connectivity index (χ3v) is 6.81. The van der Waals surface area contributed by atoms with E-state index in [0.29, 0.717) is 22.3 Å². The van der Waals surface area contributed by atoms with E-state index in [-0.39, 0.29) is 10.8 Å². The Morgan fingerprint density at radius 3 is 2.48 bits per heavy atom. The number of carbonyl (C=O) groups excluding carboxylic acids is 1. The Bertz CT molecular complexity index is 1130. The molecule has 0 fully saturated rings. The lowest BCUT2D eigenvalue weighted by Gasteiger charge is -2.20. The molecule has 0 atom stereocenters. The lowest BCUT2D eigenvalue weighted by atomic mass is 10.2. The zero-order valence-electron chi connectivity index (χ0n) is 16.5. The highest BCUT2D eigenvalue weighted by atomic mass is 35.5. The Morgan fingerprint density at radius 1 is 1.17 bits per heavy atom. The number of carbonyl (C=O) groups is 1. The van der Waals surface area contributed by atoms with Gasteiger partial charge in [0.05, 0.1) is 35.8 Å². The molecule has 0 aliphatic rings. The van der Waals surface area contributed by atoms with Crippen LogP contribution in [0.1, 0.15) is 16.8 Å². The van der Waals surface area contributed by atoms with Crippen molar-refractivity contribution in [2.45, 2.75) is 11.3 Å². The number of thiazole rings is 1. The molecule has 1 heterocycles. The second-order valence-corrected chi connectivity index (χ2v) is 10.6. The third-order valence-electron chi connectivity index (χ3n) is 4.40. The maximum Gasteiger partial charge on any atom is 0.260 e. The highest BCUT2D eigenvalue weighted by Gasteiger charge is 2.22. The molecule has 0 bridgehead atoms. The molecule has 0 aliphatic heterocycles. The average molecular weight is 453 g/mol. The van der Waals surface area contributed by atoms with Crippen molar-refractivity contribution in [1.82, 2.24) is 4.98 Å². The van der Waals surface area contributed by atoms with Gasteiger partial charge >= 0.3 is 0 Å². The highest BCUT2D eigenvalue weighted by Crippen LogP contribution is 2.31. The summed E-state index contributed by atoms with van der Waals surface area (Å²) in [7, 11) is 0.817. The van der Waals surface area contributed by atoms with Crippen molar-refractivity contribution in [3.05, 3.63) is 53.1 Å². The summed E-state index contributed by atoms with van der Waals surface area (Å²) in [6, 6.07) is 11.5. The number of fused-ring (bicyclic) bond motifs is 1. The smallest absolute Gasteiger partial charge is 0.260 e. The van der Waals surface area contributed by atoms with Crippen molar-refractivity contribution in [1.29, 1.82) is 0 Å². The molecule has 3 aromatic rings. The predicted molar refractivity (Wildman–Crippen MR) is 118 cm³/mol. The Hall–Kier alpha value is -2.00. The first-order valence-corrected chi connectivity index (χ1v) is 12.2. The van der Waals surface area contributed by atoms with Crippen LogP contribution in [0.4, 0.5) is 5.13 Å². The van der Waals surface area contributed by atoms with E-state index >= 15 is 0 Å². The molecular formula is C20H23ClN3O3S2+. The second kappa shape index (κ2) is 8.79. The zero-order chi connectivity index (χ0) is 21.2. The summed E-state index contributed by atoms with van der Waals surface area (Å²) in [4.78, 5) is 21.0. The summed E-state index contributed by atoms with van der Waals surface area (Å²) in [5.74, 6) is -0.205. The summed E-state index contributed by atoms with van der Waals surface area (Å²) in [6.07, 6.45) is 1.96. The summed E-state index contributed by atoms with van der Waals surface area (Å²) >= 11 is 7.50. The summed E-state index contributed by atoms with van der Waals surface area (Å²) in [5, 5.41) is 1.23. The van der Waals surface area contributed by atoms with Crippen LogP contribution in [0.25, 0.3) is 10.2 Å². The Labute approximate surface area is 179 Å². The van der Waals surface area contributed by atoms with Gasteiger partial charge in [-0.3, -0.25) is 9.69 Å². The van der Waals surface area contributed by atoms with Crippen molar-refractivity contribution < 1.29 is 18.1 Å². The van der Waals surface area contributed by atoms with E-state index in [1.54, 1.807) is 23.1 Å². The molecule has 154 valence electrons. The van der Waals surface area contributed by atoms with Crippen LogP contribution in [0.3, 0.4) is 0 Å². The largest absolute Gasteiger partial charge is 0.340 e. The molecule has 0 spiro atoms. The van der Waals surface area contributed by atoms with Crippen LogP contribution < -0.4 is 9.80 Å². The van der Waals surface area contributed by atoms with Crippen molar-refractivity contribution in [2.24, 2.45) is 0 Å². The molecule has 9 heteroatoms. The maximum absolute atomic E-state index is 13.2. The van der Waals surface area contributed by atoms with Gasteiger partial charge in [0.15, 0.2) is 15.0 Å². The number of rotatable bonds is 7. The SMILES string of the molecule is C[NH+](C)CCCN(C(=O)c1ccc(S(C)(=O)=O)cc1)c1nc2ccc(Cl)cc2s1. The van der Waals surface area contributed by atoms with Crippen LogP contribution in [0.2, 0.25) is 5.02 Å². The number of halogens is 1. The summed E-state index contributed by atoms with van der Waals surface area (Å²) < 4.78 is 24.3. The maximum atomic E-state index is 13.2. The van der Waals surface area contributed by atoms with Crippen molar-refractivity contribution >= 4 is 54.0 Å². The van der Waals surface area contributed by atoms with E-state index in [4.69, 9.17) is 11.6 Å². The van der Waals surface area contributed by atoms with E-state index in [2.05, 4.69) is 19.1 Å². The fourth-order valence-electron chi connectivity index (χ4n) is 2.88. The van der Waals surface area contributed by atoms with Gasteiger partial charge in [-0.25, -0.2) is 13.4 Å². The van der Waals surface area contributed by atoms with Crippen molar-refractivity contribution in [2.75, 3.05) is 38.3 Å². The second-order valence-electron chi connectivity index (χ2n) is 7.17. The van der Waals surface area contributed by atoms with Gasteiger partial charge < -0.3 is 4.90 Å². The van der Waals surface area contributed by atoms with Gasteiger partial charge in [0.2, 0.25) is 0 Å². The number of hydrogen-bond acceptors (Lipinski definition) is 5. The average Bonchev–Trinajstić information content (AvgIpc) is 3.06. The van der Waals surface area contributed by atoms with E-state index in [1.807, 2.05) is 12.1 Å². The van der Waals surface area contributed by atoms with Gasteiger partial charge in [0, 0.05) is 29.8 Å². The molecule has 0 saturated carbocycles. The van der Waals surface area contributed by atoms with Gasteiger partial charge in [-0.1, -0.05) is 22.9 Å². The quantitative estimate of drug-likeness (QED) is 0.598. The Balaban J connectivity index is 1.94. The van der Waals surface area contributed by atoms with Crippen LogP contribution >= 0.6 is 22.9 Å². The first-order valence-electron chi connectivity index (χ1n) is 9.12. The zero-order valence-corrected chi connectivity index (χ0v) is 18.9. The summed E-state index contributed by atoms with van der Waals surface area (Å²) in [5.41, 5.74) is 1.21. The number of anilines is 1. The topological polar surface area (TPSA) is 71.8 Å². The van der Waals surface area contributed by atoms with Crippen LogP contribution in [0.5, 0.6) is 0 Å². The fraction of sp³-hybridized carbons (Fsp3) is 0.300.